The number of hydrogen-bond acceptors (Lipinski definition) is 5. The van der Waals surface area contributed by atoms with Crippen LogP contribution in [0.4, 0.5) is 4.39 Å². The molecule has 0 radical (unpaired) electrons. The van der Waals surface area contributed by atoms with Gasteiger partial charge in [0.05, 0.1) is 23.8 Å². The minimum atomic E-state index is -2.70. The number of ether oxygens (including phenoxy) is 1. The van der Waals surface area contributed by atoms with Crippen molar-refractivity contribution in [3.63, 3.8) is 0 Å². The standard InChI is InChI=1S/C39H43ClFNO4Si/c1-5-45-38-25-37(44)34(36(43)21-19-28-18-20-30(41)24-35(28)40)23-29(38)26-42-22-12-13-31(42)27-46-47(39(2,3)4,32-14-8-6-9-15-32)33-16-10-7-11-17-33/h6-11,14-21,23-25,31,44H,5,12-13,22,26-27H2,1-4H3/b21-19+/t31-/m1/s1. The van der Waals surface area contributed by atoms with Crippen LogP contribution in [0.3, 0.4) is 0 Å². The number of likely N-dealkylation sites (tertiary alicyclic amines) is 1. The summed E-state index contributed by atoms with van der Waals surface area (Å²) in [5.41, 5.74) is 1.49. The number of rotatable bonds is 12. The molecule has 0 amide bonds. The van der Waals surface area contributed by atoms with Gasteiger partial charge in [0, 0.05) is 24.2 Å². The molecule has 0 saturated carbocycles. The SMILES string of the molecule is CCOc1cc(O)c(C(=O)/C=C/c2ccc(F)cc2Cl)cc1CN1CCC[C@@H]1CO[Si](c1ccccc1)(c1ccccc1)C(C)(C)C. The van der Waals surface area contributed by atoms with Gasteiger partial charge in [-0.1, -0.05) is 99.1 Å². The summed E-state index contributed by atoms with van der Waals surface area (Å²) in [5.74, 6) is -0.458. The molecule has 0 bridgehead atoms. The quantitative estimate of drug-likeness (QED) is 0.0939. The first kappa shape index (κ1) is 34.6. The number of hydrogen-bond donors (Lipinski definition) is 1. The molecular formula is C39H43ClFNO4Si. The second kappa shape index (κ2) is 15.0. The molecule has 0 aliphatic carbocycles. The maximum absolute atomic E-state index is 13.5. The minimum Gasteiger partial charge on any atom is -0.507 e. The highest BCUT2D eigenvalue weighted by Gasteiger charge is 2.50. The van der Waals surface area contributed by atoms with Crippen LogP contribution in [0.15, 0.2) is 97.1 Å². The van der Waals surface area contributed by atoms with Crippen molar-refractivity contribution in [2.24, 2.45) is 0 Å². The van der Waals surface area contributed by atoms with Crippen molar-refractivity contribution in [2.45, 2.75) is 58.2 Å². The van der Waals surface area contributed by atoms with Crippen LogP contribution >= 0.6 is 11.6 Å². The summed E-state index contributed by atoms with van der Waals surface area (Å²) in [5, 5.41) is 13.4. The zero-order valence-electron chi connectivity index (χ0n) is 27.5. The van der Waals surface area contributed by atoms with Gasteiger partial charge in [0.1, 0.15) is 17.3 Å². The van der Waals surface area contributed by atoms with Crippen molar-refractivity contribution < 1.29 is 23.5 Å². The van der Waals surface area contributed by atoms with Crippen LogP contribution in [-0.4, -0.2) is 49.9 Å². The Morgan fingerprint density at radius 2 is 1.68 bits per heavy atom. The second-order valence-electron chi connectivity index (χ2n) is 13.0. The first-order valence-corrected chi connectivity index (χ1v) is 18.5. The van der Waals surface area contributed by atoms with Gasteiger partial charge in [-0.25, -0.2) is 4.39 Å². The average molecular weight is 672 g/mol. The number of aromatic hydroxyl groups is 1. The highest BCUT2D eigenvalue weighted by molar-refractivity contribution is 6.99. The van der Waals surface area contributed by atoms with Crippen LogP contribution in [0, 0.1) is 5.82 Å². The van der Waals surface area contributed by atoms with Crippen molar-refractivity contribution in [1.82, 2.24) is 4.90 Å². The van der Waals surface area contributed by atoms with Gasteiger partial charge < -0.3 is 14.3 Å². The van der Waals surface area contributed by atoms with Crippen molar-refractivity contribution in [1.29, 1.82) is 0 Å². The lowest BCUT2D eigenvalue weighted by Crippen LogP contribution is -2.67. The van der Waals surface area contributed by atoms with Gasteiger partial charge in [-0.15, -0.1) is 0 Å². The van der Waals surface area contributed by atoms with Crippen LogP contribution in [-0.2, 0) is 11.0 Å². The zero-order valence-corrected chi connectivity index (χ0v) is 29.3. The lowest BCUT2D eigenvalue weighted by molar-refractivity contribution is 0.104. The summed E-state index contributed by atoms with van der Waals surface area (Å²) in [7, 11) is -2.70. The molecule has 1 saturated heterocycles. The number of ketones is 1. The van der Waals surface area contributed by atoms with Gasteiger partial charge in [0.15, 0.2) is 5.78 Å². The maximum Gasteiger partial charge on any atom is 0.261 e. The Hall–Kier alpha value is -3.75. The molecule has 4 aromatic carbocycles. The fourth-order valence-corrected chi connectivity index (χ4v) is 11.4. The number of carbonyl (C=O) groups is 1. The minimum absolute atomic E-state index is 0.126. The molecule has 0 unspecified atom stereocenters. The first-order chi connectivity index (χ1) is 22.5. The van der Waals surface area contributed by atoms with E-state index in [-0.39, 0.29) is 33.2 Å². The third-order valence-corrected chi connectivity index (χ3v) is 14.2. The molecule has 0 spiro atoms. The number of carbonyl (C=O) groups excluding carboxylic acids is 1. The zero-order chi connectivity index (χ0) is 33.6. The van der Waals surface area contributed by atoms with E-state index in [1.165, 1.54) is 46.8 Å². The summed E-state index contributed by atoms with van der Waals surface area (Å²) in [6, 6.07) is 28.7. The Labute approximate surface area is 283 Å². The third-order valence-electron chi connectivity index (χ3n) is 8.90. The van der Waals surface area contributed by atoms with E-state index in [0.717, 1.165) is 24.9 Å². The smallest absolute Gasteiger partial charge is 0.261 e. The molecule has 1 atom stereocenters. The molecule has 5 rings (SSSR count). The van der Waals surface area contributed by atoms with E-state index in [1.54, 1.807) is 6.07 Å². The van der Waals surface area contributed by atoms with E-state index in [0.29, 0.717) is 31.1 Å². The van der Waals surface area contributed by atoms with Crippen LogP contribution in [0.2, 0.25) is 10.1 Å². The normalized spacial score (nSPS) is 15.7. The molecule has 1 aliphatic rings. The lowest BCUT2D eigenvalue weighted by atomic mass is 10.0. The summed E-state index contributed by atoms with van der Waals surface area (Å²) in [6.07, 6.45) is 4.89. The molecule has 0 aromatic heterocycles. The summed E-state index contributed by atoms with van der Waals surface area (Å²) in [6.45, 7) is 11.2. The van der Waals surface area contributed by atoms with E-state index in [2.05, 4.69) is 86.3 Å². The van der Waals surface area contributed by atoms with Gasteiger partial charge >= 0.3 is 0 Å². The summed E-state index contributed by atoms with van der Waals surface area (Å²) >= 11 is 6.15. The second-order valence-corrected chi connectivity index (χ2v) is 17.7. The molecule has 1 fully saturated rings. The number of halogens is 2. The Balaban J connectivity index is 1.41. The molecule has 47 heavy (non-hydrogen) atoms. The predicted molar refractivity (Wildman–Crippen MR) is 191 cm³/mol. The van der Waals surface area contributed by atoms with Crippen LogP contribution < -0.4 is 15.1 Å². The van der Waals surface area contributed by atoms with Gasteiger partial charge in [0.2, 0.25) is 0 Å². The molecule has 8 heteroatoms. The largest absolute Gasteiger partial charge is 0.507 e. The molecule has 1 heterocycles. The van der Waals surface area contributed by atoms with Crippen molar-refractivity contribution in [2.75, 3.05) is 19.8 Å². The monoisotopic (exact) mass is 671 g/mol. The van der Waals surface area contributed by atoms with Crippen LogP contribution in [0.1, 0.15) is 62.0 Å². The summed E-state index contributed by atoms with van der Waals surface area (Å²) < 4.78 is 26.7. The first-order valence-electron chi connectivity index (χ1n) is 16.2. The Morgan fingerprint density at radius 1 is 1.02 bits per heavy atom. The average Bonchev–Trinajstić information content (AvgIpc) is 3.49. The highest BCUT2D eigenvalue weighted by Crippen LogP contribution is 2.38. The highest BCUT2D eigenvalue weighted by atomic mass is 35.5. The lowest BCUT2D eigenvalue weighted by Gasteiger charge is -2.44. The molecular weight excluding hydrogens is 629 g/mol. The Morgan fingerprint density at radius 3 is 2.28 bits per heavy atom. The molecule has 1 N–H and O–H groups in total. The topological polar surface area (TPSA) is 59.0 Å². The molecule has 4 aromatic rings. The maximum atomic E-state index is 13.5. The summed E-state index contributed by atoms with van der Waals surface area (Å²) in [4.78, 5) is 15.7. The van der Waals surface area contributed by atoms with Crippen molar-refractivity contribution in [3.05, 3.63) is 125 Å². The van der Waals surface area contributed by atoms with Crippen molar-refractivity contribution >= 4 is 42.2 Å². The van der Waals surface area contributed by atoms with E-state index >= 15 is 0 Å². The molecule has 5 nitrogen and oxygen atoms in total. The van der Waals surface area contributed by atoms with Gasteiger partial charge in [0.25, 0.3) is 8.32 Å². The van der Waals surface area contributed by atoms with Gasteiger partial charge in [-0.2, -0.15) is 0 Å². The fraction of sp³-hybridized carbons (Fsp3) is 0.308. The van der Waals surface area contributed by atoms with E-state index in [4.69, 9.17) is 20.8 Å². The van der Waals surface area contributed by atoms with E-state index in [1.807, 2.05) is 6.92 Å². The van der Waals surface area contributed by atoms with Crippen molar-refractivity contribution in [3.8, 4) is 11.5 Å². The van der Waals surface area contributed by atoms with Crippen LogP contribution in [0.5, 0.6) is 11.5 Å². The van der Waals surface area contributed by atoms with E-state index < -0.39 is 14.1 Å². The fourth-order valence-electron chi connectivity index (χ4n) is 6.61. The third kappa shape index (κ3) is 7.70. The number of allylic oxidation sites excluding steroid dienone is 1. The number of phenols is 1. The number of phenolic OH excluding ortho intramolecular Hbond substituents is 1. The van der Waals surface area contributed by atoms with E-state index in [9.17, 15) is 14.3 Å². The van der Waals surface area contributed by atoms with Gasteiger partial charge in [-0.3, -0.25) is 9.69 Å². The van der Waals surface area contributed by atoms with Crippen LogP contribution in [0.25, 0.3) is 6.08 Å². The predicted octanol–water partition coefficient (Wildman–Crippen LogP) is 8.02. The number of nitrogens with zero attached hydrogens (tertiary/aromatic N) is 1. The Kier molecular flexibility index (Phi) is 11.0. The Bertz CT molecular complexity index is 1670. The van der Waals surface area contributed by atoms with Gasteiger partial charge in [-0.05, 0) is 77.6 Å². The number of benzene rings is 4. The molecule has 246 valence electrons. The molecule has 1 aliphatic heterocycles.